The second-order valence-electron chi connectivity index (χ2n) is 3.42. The highest BCUT2D eigenvalue weighted by atomic mass is 16.5. The van der Waals surface area contributed by atoms with Gasteiger partial charge < -0.3 is 4.74 Å². The molecule has 2 atom stereocenters. The molecule has 0 bridgehead atoms. The van der Waals surface area contributed by atoms with Crippen LogP contribution in [0, 0.1) is 5.92 Å². The van der Waals surface area contributed by atoms with Crippen molar-refractivity contribution >= 4 is 0 Å². The zero-order chi connectivity index (χ0) is 8.91. The van der Waals surface area contributed by atoms with Crippen LogP contribution in [0.5, 0.6) is 0 Å². The molecule has 0 N–H and O–H groups in total. The van der Waals surface area contributed by atoms with E-state index in [-0.39, 0.29) is 5.60 Å². The lowest BCUT2D eigenvalue weighted by molar-refractivity contribution is 0.0163. The van der Waals surface area contributed by atoms with Gasteiger partial charge in [-0.1, -0.05) is 27.7 Å². The Kier molecular flexibility index (Phi) is 4.74. The molecule has 0 spiro atoms. The van der Waals surface area contributed by atoms with Crippen molar-refractivity contribution in [2.24, 2.45) is 5.92 Å². The summed E-state index contributed by atoms with van der Waals surface area (Å²) in [6.07, 6.45) is 2.39. The van der Waals surface area contributed by atoms with Crippen LogP contribution in [0.2, 0.25) is 0 Å². The van der Waals surface area contributed by atoms with E-state index in [4.69, 9.17) is 4.74 Å². The molecule has 1 heterocycles. The molecule has 0 amide bonds. The van der Waals surface area contributed by atoms with E-state index < -0.39 is 0 Å². The molecule has 0 aliphatic carbocycles. The molecule has 0 aromatic carbocycles. The van der Waals surface area contributed by atoms with Gasteiger partial charge in [0, 0.05) is 6.61 Å². The van der Waals surface area contributed by atoms with Crippen molar-refractivity contribution in [1.82, 2.24) is 0 Å². The molecule has 1 nitrogen and oxygen atoms in total. The van der Waals surface area contributed by atoms with E-state index in [2.05, 4.69) is 20.8 Å². The summed E-state index contributed by atoms with van der Waals surface area (Å²) in [5, 5.41) is 0. The highest BCUT2D eigenvalue weighted by molar-refractivity contribution is 4.81. The third kappa shape index (κ3) is 3.24. The van der Waals surface area contributed by atoms with E-state index in [0.717, 1.165) is 18.9 Å². The molecule has 0 radical (unpaired) electrons. The maximum atomic E-state index is 5.60. The second-order valence-corrected chi connectivity index (χ2v) is 3.42. The molecule has 0 saturated carbocycles. The Morgan fingerprint density at radius 3 is 2.18 bits per heavy atom. The van der Waals surface area contributed by atoms with E-state index in [0.29, 0.717) is 0 Å². The van der Waals surface area contributed by atoms with Crippen LogP contribution < -0.4 is 0 Å². The molecule has 1 saturated heterocycles. The number of hydrogen-bond acceptors (Lipinski definition) is 1. The third-order valence-electron chi connectivity index (χ3n) is 2.24. The van der Waals surface area contributed by atoms with Crippen molar-refractivity contribution in [3.63, 3.8) is 0 Å². The predicted octanol–water partition coefficient (Wildman–Crippen LogP) is 3.24. The average Bonchev–Trinajstić information content (AvgIpc) is 2.37. The third-order valence-corrected chi connectivity index (χ3v) is 2.24. The predicted molar refractivity (Wildman–Crippen MR) is 49.8 cm³/mol. The monoisotopic (exact) mass is 158 g/mol. The fourth-order valence-electron chi connectivity index (χ4n) is 1.44. The Morgan fingerprint density at radius 2 is 2.00 bits per heavy atom. The Morgan fingerprint density at radius 1 is 1.45 bits per heavy atom. The molecule has 68 valence electrons. The first-order chi connectivity index (χ1) is 5.16. The summed E-state index contributed by atoms with van der Waals surface area (Å²) in [6, 6.07) is 0. The van der Waals surface area contributed by atoms with E-state index in [1.165, 1.54) is 6.42 Å². The summed E-state index contributed by atoms with van der Waals surface area (Å²) in [5.74, 6) is 0.773. The molecule has 1 rings (SSSR count). The first-order valence-electron chi connectivity index (χ1n) is 4.80. The van der Waals surface area contributed by atoms with Crippen LogP contribution >= 0.6 is 0 Å². The molecule has 11 heavy (non-hydrogen) atoms. The van der Waals surface area contributed by atoms with Crippen LogP contribution in [0.15, 0.2) is 0 Å². The van der Waals surface area contributed by atoms with Gasteiger partial charge in [-0.3, -0.25) is 0 Å². The summed E-state index contributed by atoms with van der Waals surface area (Å²) < 4.78 is 5.60. The van der Waals surface area contributed by atoms with Crippen LogP contribution in [0.4, 0.5) is 0 Å². The maximum absolute atomic E-state index is 5.60. The second kappa shape index (κ2) is 4.76. The van der Waals surface area contributed by atoms with E-state index in [1.54, 1.807) is 0 Å². The maximum Gasteiger partial charge on any atom is 0.0655 e. The van der Waals surface area contributed by atoms with Crippen LogP contribution in [0.25, 0.3) is 0 Å². The molecule has 2 unspecified atom stereocenters. The van der Waals surface area contributed by atoms with E-state index >= 15 is 0 Å². The smallest absolute Gasteiger partial charge is 0.0655 e. The van der Waals surface area contributed by atoms with Crippen LogP contribution in [-0.2, 0) is 4.74 Å². The topological polar surface area (TPSA) is 9.23 Å². The zero-order valence-corrected chi connectivity index (χ0v) is 8.61. The summed E-state index contributed by atoms with van der Waals surface area (Å²) in [7, 11) is 0. The van der Waals surface area contributed by atoms with Gasteiger partial charge in [0.05, 0.1) is 5.60 Å². The fraction of sp³-hybridized carbons (Fsp3) is 1.00. The highest BCUT2D eigenvalue weighted by Crippen LogP contribution is 2.31. The number of rotatable bonds is 1. The van der Waals surface area contributed by atoms with Crippen molar-refractivity contribution in [2.75, 3.05) is 6.61 Å². The van der Waals surface area contributed by atoms with Gasteiger partial charge in [-0.25, -0.2) is 0 Å². The van der Waals surface area contributed by atoms with Crippen molar-refractivity contribution < 1.29 is 4.74 Å². The first-order valence-corrected chi connectivity index (χ1v) is 4.80. The summed E-state index contributed by atoms with van der Waals surface area (Å²) in [4.78, 5) is 0. The SMILES string of the molecule is CC.CCC1(C)CC(C)CO1. The molecule has 1 heteroatoms. The minimum absolute atomic E-state index is 0.208. The number of ether oxygens (including phenoxy) is 1. The minimum atomic E-state index is 0.208. The largest absolute Gasteiger partial charge is 0.375 e. The molecule has 1 aliphatic rings. The lowest BCUT2D eigenvalue weighted by Crippen LogP contribution is -2.21. The van der Waals surface area contributed by atoms with Gasteiger partial charge in [0.2, 0.25) is 0 Å². The summed E-state index contributed by atoms with van der Waals surface area (Å²) in [5.41, 5.74) is 0.208. The fourth-order valence-corrected chi connectivity index (χ4v) is 1.44. The van der Waals surface area contributed by atoms with Gasteiger partial charge in [-0.05, 0) is 25.7 Å². The molecule has 0 aromatic heterocycles. The van der Waals surface area contributed by atoms with Crippen molar-refractivity contribution in [3.05, 3.63) is 0 Å². The van der Waals surface area contributed by atoms with Crippen molar-refractivity contribution in [2.45, 2.75) is 53.1 Å². The highest BCUT2D eigenvalue weighted by Gasteiger charge is 2.31. The van der Waals surface area contributed by atoms with E-state index in [1.807, 2.05) is 13.8 Å². The molecule has 1 fully saturated rings. The van der Waals surface area contributed by atoms with Crippen LogP contribution in [0.3, 0.4) is 0 Å². The standard InChI is InChI=1S/C8H16O.C2H6/c1-4-8(3)5-7(2)6-9-8;1-2/h7H,4-6H2,1-3H3;1-2H3. The zero-order valence-electron chi connectivity index (χ0n) is 8.61. The van der Waals surface area contributed by atoms with Crippen molar-refractivity contribution in [1.29, 1.82) is 0 Å². The van der Waals surface area contributed by atoms with Gasteiger partial charge in [-0.15, -0.1) is 0 Å². The summed E-state index contributed by atoms with van der Waals surface area (Å²) in [6.45, 7) is 11.6. The van der Waals surface area contributed by atoms with E-state index in [9.17, 15) is 0 Å². The van der Waals surface area contributed by atoms with Crippen LogP contribution in [-0.4, -0.2) is 12.2 Å². The van der Waals surface area contributed by atoms with Gasteiger partial charge in [0.25, 0.3) is 0 Å². The quantitative estimate of drug-likeness (QED) is 0.569. The average molecular weight is 158 g/mol. The van der Waals surface area contributed by atoms with Gasteiger partial charge in [0.15, 0.2) is 0 Å². The minimum Gasteiger partial charge on any atom is -0.375 e. The molecular weight excluding hydrogens is 136 g/mol. The lowest BCUT2D eigenvalue weighted by Gasteiger charge is -2.20. The Hall–Kier alpha value is -0.0400. The van der Waals surface area contributed by atoms with Gasteiger partial charge in [-0.2, -0.15) is 0 Å². The Balaban J connectivity index is 0.000000461. The van der Waals surface area contributed by atoms with Gasteiger partial charge in [0.1, 0.15) is 0 Å². The van der Waals surface area contributed by atoms with Gasteiger partial charge >= 0.3 is 0 Å². The summed E-state index contributed by atoms with van der Waals surface area (Å²) >= 11 is 0. The lowest BCUT2D eigenvalue weighted by atomic mass is 9.95. The Bertz CT molecular complexity index is 101. The van der Waals surface area contributed by atoms with Crippen LogP contribution in [0.1, 0.15) is 47.5 Å². The molecular formula is C10H22O. The molecule has 1 aliphatic heterocycles. The first kappa shape index (κ1) is 11.0. The Labute approximate surface area is 71.1 Å². The van der Waals surface area contributed by atoms with Crippen molar-refractivity contribution in [3.8, 4) is 0 Å². The molecule has 0 aromatic rings. The normalized spacial score (nSPS) is 36.3. The number of hydrogen-bond donors (Lipinski definition) is 0.